The summed E-state index contributed by atoms with van der Waals surface area (Å²) in [7, 11) is 0. The standard InChI is InChI=1S/C25H24O5S/c26-13-20-22(27)23(28)24(29)25(30-20)19-11-14(9-15-5-1-3-7-18(15)19)10-17-12-16-6-2-4-8-21(16)31-17/h1-9,11-12,20,22-29H,10,13H2/t20-,22-,23+,24-,25+/m1/s1. The Balaban J connectivity index is 1.57. The van der Waals surface area contributed by atoms with Crippen molar-refractivity contribution in [3.05, 3.63) is 82.7 Å². The van der Waals surface area contributed by atoms with E-state index in [4.69, 9.17) is 4.74 Å². The fraction of sp³-hybridized carbons (Fsp3) is 0.280. The van der Waals surface area contributed by atoms with Crippen molar-refractivity contribution in [2.75, 3.05) is 6.61 Å². The largest absolute Gasteiger partial charge is 0.394 e. The average Bonchev–Trinajstić information content (AvgIpc) is 3.19. The Morgan fingerprint density at radius 2 is 1.55 bits per heavy atom. The summed E-state index contributed by atoms with van der Waals surface area (Å²) < 4.78 is 7.11. The highest BCUT2D eigenvalue weighted by Crippen LogP contribution is 2.37. The second kappa shape index (κ2) is 8.31. The molecule has 1 saturated heterocycles. The summed E-state index contributed by atoms with van der Waals surface area (Å²) in [5.74, 6) is 0. The van der Waals surface area contributed by atoms with Crippen LogP contribution in [0, 0.1) is 0 Å². The summed E-state index contributed by atoms with van der Waals surface area (Å²) in [5.41, 5.74) is 1.81. The normalized spacial score (nSPS) is 26.5. The molecule has 5 atom stereocenters. The molecular formula is C25H24O5S. The third-order valence-corrected chi connectivity index (χ3v) is 7.12. The molecule has 3 aromatic carbocycles. The Labute approximate surface area is 183 Å². The van der Waals surface area contributed by atoms with Crippen LogP contribution in [0.4, 0.5) is 0 Å². The van der Waals surface area contributed by atoms with Gasteiger partial charge >= 0.3 is 0 Å². The molecule has 0 radical (unpaired) electrons. The molecular weight excluding hydrogens is 412 g/mol. The smallest absolute Gasteiger partial charge is 0.113 e. The van der Waals surface area contributed by atoms with E-state index >= 15 is 0 Å². The maximum atomic E-state index is 10.7. The number of rotatable bonds is 4. The Morgan fingerprint density at radius 1 is 0.806 bits per heavy atom. The topological polar surface area (TPSA) is 90.2 Å². The minimum atomic E-state index is -1.40. The highest BCUT2D eigenvalue weighted by Gasteiger charge is 2.44. The van der Waals surface area contributed by atoms with Crippen LogP contribution in [0.3, 0.4) is 0 Å². The Bertz CT molecular complexity index is 1180. The van der Waals surface area contributed by atoms with Crippen LogP contribution >= 0.6 is 11.3 Å². The fourth-order valence-electron chi connectivity index (χ4n) is 4.43. The first-order chi connectivity index (χ1) is 15.0. The summed E-state index contributed by atoms with van der Waals surface area (Å²) in [6.45, 7) is -0.444. The first-order valence-electron chi connectivity index (χ1n) is 10.3. The molecule has 1 aliphatic heterocycles. The summed E-state index contributed by atoms with van der Waals surface area (Å²) in [6, 6.07) is 22.5. The van der Waals surface area contributed by atoms with Crippen molar-refractivity contribution < 1.29 is 25.2 Å². The molecule has 0 bridgehead atoms. The van der Waals surface area contributed by atoms with Crippen LogP contribution in [0.25, 0.3) is 20.9 Å². The molecule has 1 fully saturated rings. The zero-order valence-electron chi connectivity index (χ0n) is 16.8. The number of benzene rings is 3. The van der Waals surface area contributed by atoms with Crippen molar-refractivity contribution in [2.24, 2.45) is 0 Å². The monoisotopic (exact) mass is 436 g/mol. The van der Waals surface area contributed by atoms with Gasteiger partial charge in [0.05, 0.1) is 6.61 Å². The molecule has 0 unspecified atom stereocenters. The lowest BCUT2D eigenvalue weighted by molar-refractivity contribution is -0.231. The van der Waals surface area contributed by atoms with Gasteiger partial charge in [-0.2, -0.15) is 0 Å². The van der Waals surface area contributed by atoms with E-state index in [-0.39, 0.29) is 0 Å². The lowest BCUT2D eigenvalue weighted by Gasteiger charge is -2.40. The highest BCUT2D eigenvalue weighted by atomic mass is 32.1. The molecule has 2 heterocycles. The van der Waals surface area contributed by atoms with Crippen LogP contribution in [-0.2, 0) is 11.2 Å². The highest BCUT2D eigenvalue weighted by molar-refractivity contribution is 7.19. The molecule has 0 saturated carbocycles. The second-order valence-corrected chi connectivity index (χ2v) is 9.25. The Morgan fingerprint density at radius 3 is 2.32 bits per heavy atom. The third-order valence-electron chi connectivity index (χ3n) is 6.01. The van der Waals surface area contributed by atoms with E-state index in [9.17, 15) is 20.4 Å². The van der Waals surface area contributed by atoms with Gasteiger partial charge in [-0.25, -0.2) is 0 Å². The minimum Gasteiger partial charge on any atom is -0.394 e. The molecule has 160 valence electrons. The number of hydrogen-bond donors (Lipinski definition) is 4. The molecule has 1 aliphatic rings. The van der Waals surface area contributed by atoms with Crippen molar-refractivity contribution in [1.82, 2.24) is 0 Å². The van der Waals surface area contributed by atoms with Crippen molar-refractivity contribution in [3.63, 3.8) is 0 Å². The maximum Gasteiger partial charge on any atom is 0.113 e. The molecule has 4 aromatic rings. The van der Waals surface area contributed by atoms with E-state index in [0.29, 0.717) is 0 Å². The molecule has 0 amide bonds. The van der Waals surface area contributed by atoms with Crippen LogP contribution in [0.15, 0.2) is 66.7 Å². The van der Waals surface area contributed by atoms with E-state index < -0.39 is 37.1 Å². The van der Waals surface area contributed by atoms with Crippen LogP contribution < -0.4 is 0 Å². The first kappa shape index (κ1) is 20.6. The fourth-order valence-corrected chi connectivity index (χ4v) is 5.52. The van der Waals surface area contributed by atoms with Crippen molar-refractivity contribution in [1.29, 1.82) is 0 Å². The van der Waals surface area contributed by atoms with Gasteiger partial charge in [0.25, 0.3) is 0 Å². The molecule has 31 heavy (non-hydrogen) atoms. The zero-order chi connectivity index (χ0) is 21.5. The van der Waals surface area contributed by atoms with Crippen LogP contribution in [0.5, 0.6) is 0 Å². The van der Waals surface area contributed by atoms with Crippen LogP contribution in [0.2, 0.25) is 0 Å². The lowest BCUT2D eigenvalue weighted by atomic mass is 9.87. The van der Waals surface area contributed by atoms with Gasteiger partial charge in [0.2, 0.25) is 0 Å². The number of hydrogen-bond acceptors (Lipinski definition) is 6. The quantitative estimate of drug-likeness (QED) is 0.395. The van der Waals surface area contributed by atoms with Gasteiger partial charge in [-0.3, -0.25) is 0 Å². The molecule has 1 aromatic heterocycles. The van der Waals surface area contributed by atoms with Gasteiger partial charge < -0.3 is 25.2 Å². The van der Waals surface area contributed by atoms with E-state index in [2.05, 4.69) is 24.3 Å². The molecule has 4 N–H and O–H groups in total. The third kappa shape index (κ3) is 3.76. The van der Waals surface area contributed by atoms with Gasteiger partial charge in [-0.15, -0.1) is 11.3 Å². The number of thiophene rings is 1. The zero-order valence-corrected chi connectivity index (χ0v) is 17.6. The lowest BCUT2D eigenvalue weighted by Crippen LogP contribution is -2.55. The summed E-state index contributed by atoms with van der Waals surface area (Å²) in [5, 5.41) is 43.9. The predicted molar refractivity (Wildman–Crippen MR) is 121 cm³/mol. The summed E-state index contributed by atoms with van der Waals surface area (Å²) in [4.78, 5) is 1.23. The molecule has 5 rings (SSSR count). The number of aliphatic hydroxyl groups excluding tert-OH is 4. The molecule has 0 spiro atoms. The van der Waals surface area contributed by atoms with E-state index in [1.807, 2.05) is 42.5 Å². The van der Waals surface area contributed by atoms with E-state index in [1.54, 1.807) is 11.3 Å². The minimum absolute atomic E-state index is 0.444. The first-order valence-corrected chi connectivity index (χ1v) is 11.2. The van der Waals surface area contributed by atoms with Gasteiger partial charge in [0, 0.05) is 16.0 Å². The maximum absolute atomic E-state index is 10.7. The molecule has 0 aliphatic carbocycles. The van der Waals surface area contributed by atoms with E-state index in [1.165, 1.54) is 15.0 Å². The summed E-state index contributed by atoms with van der Waals surface area (Å²) in [6.07, 6.45) is -5.14. The van der Waals surface area contributed by atoms with Crippen molar-refractivity contribution >= 4 is 32.2 Å². The number of ether oxygens (including phenoxy) is 1. The Hall–Kier alpha value is -2.32. The number of aliphatic hydroxyl groups is 4. The van der Waals surface area contributed by atoms with Crippen LogP contribution in [0.1, 0.15) is 22.1 Å². The molecule has 6 heteroatoms. The predicted octanol–water partition coefficient (Wildman–Crippen LogP) is 3.16. The van der Waals surface area contributed by atoms with Crippen molar-refractivity contribution in [3.8, 4) is 0 Å². The van der Waals surface area contributed by atoms with Crippen LogP contribution in [-0.4, -0.2) is 51.4 Å². The van der Waals surface area contributed by atoms with Crippen molar-refractivity contribution in [2.45, 2.75) is 36.9 Å². The summed E-state index contributed by atoms with van der Waals surface area (Å²) >= 11 is 1.76. The average molecular weight is 437 g/mol. The van der Waals surface area contributed by atoms with Gasteiger partial charge in [-0.1, -0.05) is 54.6 Å². The molecule has 5 nitrogen and oxygen atoms in total. The SMILES string of the molecule is OC[C@H]1O[C@@H](c2cc(Cc3cc4ccccc4s3)cc3ccccc23)[C@H](O)[C@@H](O)[C@@H]1O. The van der Waals surface area contributed by atoms with E-state index in [0.717, 1.165) is 28.3 Å². The van der Waals surface area contributed by atoms with Gasteiger partial charge in [0.15, 0.2) is 0 Å². The second-order valence-electron chi connectivity index (χ2n) is 8.08. The van der Waals surface area contributed by atoms with Gasteiger partial charge in [-0.05, 0) is 39.4 Å². The Kier molecular flexibility index (Phi) is 5.52. The number of fused-ring (bicyclic) bond motifs is 2. The van der Waals surface area contributed by atoms with Gasteiger partial charge in [0.1, 0.15) is 30.5 Å².